The van der Waals surface area contributed by atoms with Gasteiger partial charge in [0.05, 0.1) is 11.0 Å². The van der Waals surface area contributed by atoms with Gasteiger partial charge in [0.25, 0.3) is 0 Å². The zero-order chi connectivity index (χ0) is 27.8. The molecule has 9 rings (SSSR count). The quantitative estimate of drug-likeness (QED) is 0.223. The van der Waals surface area contributed by atoms with Gasteiger partial charge in [-0.2, -0.15) is 0 Å². The first-order valence-corrected chi connectivity index (χ1v) is 13.9. The highest BCUT2D eigenvalue weighted by atomic mass is 19.1. The molecular weight excluding hydrogens is 519 g/mol. The molecule has 0 fully saturated rings. The summed E-state index contributed by atoms with van der Waals surface area (Å²) in [5, 5.41) is 4.47. The van der Waals surface area contributed by atoms with Crippen LogP contribution in [0, 0.1) is 5.82 Å². The highest BCUT2D eigenvalue weighted by Gasteiger charge is 2.27. The van der Waals surface area contributed by atoms with Crippen LogP contribution in [0.5, 0.6) is 0 Å². The standard InChI is InChI=1S/C37H21FN4/c38-29-20-19-28-27-13-7-12-22-16-21-30-33(31(22)27)32(28)34(29)42(30)26-17-14-25(15-18-26)37-40-35(23-8-3-1-4-9-23)39-36(41-37)24-10-5-2-6-11-24/h1-21H. The summed E-state index contributed by atoms with van der Waals surface area (Å²) < 4.78 is 17.6. The van der Waals surface area contributed by atoms with Crippen molar-refractivity contribution < 1.29 is 4.39 Å². The summed E-state index contributed by atoms with van der Waals surface area (Å²) in [5.41, 5.74) is 7.46. The van der Waals surface area contributed by atoms with Gasteiger partial charge in [-0.3, -0.25) is 0 Å². The Balaban J connectivity index is 1.22. The van der Waals surface area contributed by atoms with Crippen LogP contribution < -0.4 is 0 Å². The van der Waals surface area contributed by atoms with Gasteiger partial charge in [-0.1, -0.05) is 91.0 Å². The van der Waals surface area contributed by atoms with E-state index in [4.69, 9.17) is 15.0 Å². The number of rotatable bonds is 4. The number of aromatic nitrogens is 4. The smallest absolute Gasteiger partial charge is 0.164 e. The normalized spacial score (nSPS) is 11.9. The van der Waals surface area contributed by atoms with E-state index in [9.17, 15) is 0 Å². The van der Waals surface area contributed by atoms with Gasteiger partial charge < -0.3 is 4.57 Å². The molecule has 2 heterocycles. The fourth-order valence-electron chi connectivity index (χ4n) is 6.38. The molecule has 0 atom stereocenters. The topological polar surface area (TPSA) is 43.6 Å². The van der Waals surface area contributed by atoms with E-state index in [1.54, 1.807) is 6.07 Å². The van der Waals surface area contributed by atoms with Crippen LogP contribution in [0.2, 0.25) is 0 Å². The Morgan fingerprint density at radius 2 is 1.05 bits per heavy atom. The Bertz CT molecular complexity index is 2280. The zero-order valence-corrected chi connectivity index (χ0v) is 22.3. The lowest BCUT2D eigenvalue weighted by Gasteiger charge is -2.13. The van der Waals surface area contributed by atoms with E-state index in [-0.39, 0.29) is 5.82 Å². The molecule has 0 unspecified atom stereocenters. The van der Waals surface area contributed by atoms with Crippen molar-refractivity contribution in [3.05, 3.63) is 133 Å². The average molecular weight is 541 g/mol. The van der Waals surface area contributed by atoms with Crippen molar-refractivity contribution in [1.29, 1.82) is 0 Å². The van der Waals surface area contributed by atoms with Crippen molar-refractivity contribution >= 4 is 32.6 Å². The Morgan fingerprint density at radius 3 is 1.69 bits per heavy atom. The molecule has 0 radical (unpaired) electrons. The number of hydrogen-bond acceptors (Lipinski definition) is 3. The highest BCUT2D eigenvalue weighted by Crippen LogP contribution is 2.50. The molecule has 196 valence electrons. The van der Waals surface area contributed by atoms with Crippen molar-refractivity contribution in [3.8, 4) is 51.0 Å². The number of halogens is 1. The molecule has 5 heteroatoms. The van der Waals surface area contributed by atoms with Crippen molar-refractivity contribution in [1.82, 2.24) is 19.5 Å². The number of nitrogens with zero attached hydrogens (tertiary/aromatic N) is 4. The Labute approximate surface area is 240 Å². The molecule has 0 aliphatic heterocycles. The average Bonchev–Trinajstić information content (AvgIpc) is 3.59. The maximum Gasteiger partial charge on any atom is 0.164 e. The van der Waals surface area contributed by atoms with E-state index in [2.05, 4.69) is 30.3 Å². The summed E-state index contributed by atoms with van der Waals surface area (Å²) in [4.78, 5) is 14.5. The van der Waals surface area contributed by atoms with Crippen LogP contribution in [-0.2, 0) is 0 Å². The van der Waals surface area contributed by atoms with Crippen molar-refractivity contribution in [2.75, 3.05) is 0 Å². The SMILES string of the molecule is Fc1ccc2c3c4c5c-2cccc5ccc4n(-c2ccc(-c4nc(-c5ccccc5)nc(-c5ccccc5)n4)cc2)c13. The highest BCUT2D eigenvalue weighted by molar-refractivity contribution is 6.33. The number of hydrogen-bond donors (Lipinski definition) is 0. The summed E-state index contributed by atoms with van der Waals surface area (Å²) >= 11 is 0. The van der Waals surface area contributed by atoms with Gasteiger partial charge in [0.2, 0.25) is 0 Å². The molecule has 0 saturated carbocycles. The molecule has 0 bridgehead atoms. The van der Waals surface area contributed by atoms with Crippen LogP contribution in [0.15, 0.2) is 127 Å². The predicted octanol–water partition coefficient (Wildman–Crippen LogP) is 9.24. The maximum atomic E-state index is 15.6. The van der Waals surface area contributed by atoms with Gasteiger partial charge >= 0.3 is 0 Å². The van der Waals surface area contributed by atoms with Crippen molar-refractivity contribution in [2.24, 2.45) is 0 Å². The molecule has 8 aromatic rings. The lowest BCUT2D eigenvalue weighted by Crippen LogP contribution is -2.01. The summed E-state index contributed by atoms with van der Waals surface area (Å²) in [7, 11) is 0. The Hall–Kier alpha value is -5.68. The van der Waals surface area contributed by atoms with Gasteiger partial charge in [-0.25, -0.2) is 19.3 Å². The number of fused-ring (bicyclic) bond motifs is 1. The number of benzene rings is 6. The Kier molecular flexibility index (Phi) is 4.75. The minimum Gasteiger partial charge on any atom is -0.306 e. The molecule has 1 aliphatic carbocycles. The molecule has 6 aromatic carbocycles. The fourth-order valence-corrected chi connectivity index (χ4v) is 6.38. The van der Waals surface area contributed by atoms with Crippen LogP contribution in [0.1, 0.15) is 0 Å². The fraction of sp³-hybridized carbons (Fsp3) is 0. The summed E-state index contributed by atoms with van der Waals surface area (Å²) in [5.74, 6) is 1.59. The second-order valence-electron chi connectivity index (χ2n) is 10.6. The van der Waals surface area contributed by atoms with Crippen LogP contribution in [-0.4, -0.2) is 19.5 Å². The molecule has 42 heavy (non-hydrogen) atoms. The predicted molar refractivity (Wildman–Crippen MR) is 167 cm³/mol. The third-order valence-corrected chi connectivity index (χ3v) is 8.24. The van der Waals surface area contributed by atoms with Gasteiger partial charge in [0.1, 0.15) is 5.82 Å². The molecule has 2 aromatic heterocycles. The lowest BCUT2D eigenvalue weighted by atomic mass is 10.0. The minimum absolute atomic E-state index is 0.229. The minimum atomic E-state index is -0.229. The Morgan fingerprint density at radius 1 is 0.452 bits per heavy atom. The van der Waals surface area contributed by atoms with Gasteiger partial charge in [-0.05, 0) is 58.3 Å². The summed E-state index contributed by atoms with van der Waals surface area (Å²) in [6.45, 7) is 0. The van der Waals surface area contributed by atoms with Crippen LogP contribution in [0.25, 0.3) is 83.6 Å². The van der Waals surface area contributed by atoms with E-state index >= 15 is 4.39 Å². The van der Waals surface area contributed by atoms with Crippen molar-refractivity contribution in [2.45, 2.75) is 0 Å². The van der Waals surface area contributed by atoms with Crippen molar-refractivity contribution in [3.63, 3.8) is 0 Å². The first kappa shape index (κ1) is 23.1. The van der Waals surface area contributed by atoms with Crippen LogP contribution in [0.3, 0.4) is 0 Å². The first-order chi connectivity index (χ1) is 20.7. The van der Waals surface area contributed by atoms with Crippen LogP contribution in [0.4, 0.5) is 4.39 Å². The van der Waals surface area contributed by atoms with E-state index in [0.717, 1.165) is 44.2 Å². The van der Waals surface area contributed by atoms with E-state index in [1.807, 2.05) is 95.6 Å². The van der Waals surface area contributed by atoms with Gasteiger partial charge in [0, 0.05) is 33.2 Å². The summed E-state index contributed by atoms with van der Waals surface area (Å²) in [6.07, 6.45) is 0. The molecule has 0 amide bonds. The third kappa shape index (κ3) is 3.25. The lowest BCUT2D eigenvalue weighted by molar-refractivity contribution is 0.635. The molecular formula is C37H21FN4. The second kappa shape index (κ2) is 8.66. The third-order valence-electron chi connectivity index (χ3n) is 8.24. The van der Waals surface area contributed by atoms with Gasteiger partial charge in [-0.15, -0.1) is 0 Å². The largest absolute Gasteiger partial charge is 0.306 e. The molecule has 1 aliphatic rings. The van der Waals surface area contributed by atoms with E-state index in [1.165, 1.54) is 16.3 Å². The molecule has 0 saturated heterocycles. The van der Waals surface area contributed by atoms with E-state index in [0.29, 0.717) is 23.0 Å². The van der Waals surface area contributed by atoms with Crippen LogP contribution >= 0.6 is 0 Å². The second-order valence-corrected chi connectivity index (χ2v) is 10.6. The van der Waals surface area contributed by atoms with Gasteiger partial charge in [0.15, 0.2) is 17.5 Å². The monoisotopic (exact) mass is 540 g/mol. The summed E-state index contributed by atoms with van der Waals surface area (Å²) in [6, 6.07) is 42.0. The zero-order valence-electron chi connectivity index (χ0n) is 22.3. The van der Waals surface area contributed by atoms with E-state index < -0.39 is 0 Å². The molecule has 4 nitrogen and oxygen atoms in total. The molecule has 0 spiro atoms. The maximum absolute atomic E-state index is 15.6. The first-order valence-electron chi connectivity index (χ1n) is 13.9. The molecule has 0 N–H and O–H groups in total.